The second-order valence-corrected chi connectivity index (χ2v) is 7.04. The van der Waals surface area contributed by atoms with E-state index in [1.165, 1.54) is 0 Å². The van der Waals surface area contributed by atoms with Gasteiger partial charge in [0.1, 0.15) is 23.3 Å². The number of H-pyrrole nitrogens is 1. The number of nitrogens with one attached hydrogen (secondary N) is 2. The van der Waals surface area contributed by atoms with Gasteiger partial charge in [-0.25, -0.2) is 9.97 Å². The maximum atomic E-state index is 10.1. The van der Waals surface area contributed by atoms with E-state index in [1.54, 1.807) is 0 Å². The zero-order valence-corrected chi connectivity index (χ0v) is 16.5. The summed E-state index contributed by atoms with van der Waals surface area (Å²) >= 11 is 0. The second-order valence-electron chi connectivity index (χ2n) is 7.04. The summed E-state index contributed by atoms with van der Waals surface area (Å²) in [6, 6.07) is 29.4. The number of para-hydroxylation sites is 3. The average Bonchev–Trinajstić information content (AvgIpc) is 3.23. The predicted molar refractivity (Wildman–Crippen MR) is 124 cm³/mol. The summed E-state index contributed by atoms with van der Waals surface area (Å²) < 4.78 is 0. The minimum Gasteiger partial charge on any atom is -0.383 e. The molecule has 0 atom stereocenters. The number of benzene rings is 3. The largest absolute Gasteiger partial charge is 0.383 e. The molecular formula is C25H18N6. The molecule has 0 fully saturated rings. The van der Waals surface area contributed by atoms with Crippen LogP contribution >= 0.6 is 0 Å². The highest BCUT2D eigenvalue weighted by molar-refractivity contribution is 5.95. The molecule has 3 aromatic carbocycles. The number of nitriles is 1. The molecule has 6 nitrogen and oxygen atoms in total. The van der Waals surface area contributed by atoms with Crippen LogP contribution in [0.25, 0.3) is 33.5 Å². The number of aromatic nitrogens is 3. The van der Waals surface area contributed by atoms with Gasteiger partial charge in [-0.1, -0.05) is 60.7 Å². The Hall–Kier alpha value is -4.63. The van der Waals surface area contributed by atoms with Crippen molar-refractivity contribution in [3.05, 3.63) is 90.5 Å². The Morgan fingerprint density at radius 1 is 0.806 bits per heavy atom. The van der Waals surface area contributed by atoms with Gasteiger partial charge in [0.15, 0.2) is 5.82 Å². The number of nitrogen functional groups attached to an aromatic ring is 1. The zero-order chi connectivity index (χ0) is 21.2. The monoisotopic (exact) mass is 402 g/mol. The number of nitrogens with zero attached hydrogens (tertiary/aromatic N) is 3. The van der Waals surface area contributed by atoms with Crippen LogP contribution in [0.2, 0.25) is 0 Å². The van der Waals surface area contributed by atoms with Gasteiger partial charge in [0.2, 0.25) is 0 Å². The van der Waals surface area contributed by atoms with Crippen molar-refractivity contribution in [3.8, 4) is 28.6 Å². The summed E-state index contributed by atoms with van der Waals surface area (Å²) in [5, 5.41) is 13.4. The Bertz CT molecular complexity index is 1380. The van der Waals surface area contributed by atoms with Crippen molar-refractivity contribution >= 4 is 28.4 Å². The molecule has 0 amide bonds. The van der Waals surface area contributed by atoms with E-state index in [1.807, 2.05) is 84.9 Å². The van der Waals surface area contributed by atoms with Crippen molar-refractivity contribution in [1.82, 2.24) is 15.0 Å². The number of nitrogens with two attached hydrogens (primary N) is 1. The van der Waals surface area contributed by atoms with E-state index in [9.17, 15) is 5.26 Å². The Morgan fingerprint density at radius 3 is 2.19 bits per heavy atom. The lowest BCUT2D eigenvalue weighted by molar-refractivity contribution is 1.26. The number of rotatable bonds is 4. The van der Waals surface area contributed by atoms with Crippen molar-refractivity contribution in [2.45, 2.75) is 0 Å². The maximum absolute atomic E-state index is 10.1. The quantitative estimate of drug-likeness (QED) is 0.369. The summed E-state index contributed by atoms with van der Waals surface area (Å²) in [6.45, 7) is 0. The first kappa shape index (κ1) is 18.4. The standard InChI is InChI=1S/C25H18N6/c26-15-18-21(16-9-3-1-4-10-16)22(25-29-19-13-7-8-14-20(19)30-25)23(27)31-24(18)28-17-11-5-2-6-12-17/h1-14H,(H,29,30)(H3,27,28,31). The van der Waals surface area contributed by atoms with Crippen LogP contribution in [0, 0.1) is 11.3 Å². The smallest absolute Gasteiger partial charge is 0.151 e. The first-order valence-corrected chi connectivity index (χ1v) is 9.81. The van der Waals surface area contributed by atoms with E-state index >= 15 is 0 Å². The lowest BCUT2D eigenvalue weighted by Crippen LogP contribution is -2.06. The molecule has 2 heterocycles. The summed E-state index contributed by atoms with van der Waals surface area (Å²) in [4.78, 5) is 12.6. The molecule has 0 aliphatic heterocycles. The number of anilines is 3. The number of hydrogen-bond acceptors (Lipinski definition) is 5. The van der Waals surface area contributed by atoms with Gasteiger partial charge in [-0.3, -0.25) is 0 Å². The van der Waals surface area contributed by atoms with Crippen LogP contribution in [0.5, 0.6) is 0 Å². The van der Waals surface area contributed by atoms with E-state index in [0.29, 0.717) is 28.3 Å². The summed E-state index contributed by atoms with van der Waals surface area (Å²) in [6.07, 6.45) is 0. The molecule has 0 saturated carbocycles. The molecule has 0 spiro atoms. The molecular weight excluding hydrogens is 384 g/mol. The molecule has 6 heteroatoms. The van der Waals surface area contributed by atoms with Gasteiger partial charge in [0.25, 0.3) is 0 Å². The minimum atomic E-state index is 0.287. The van der Waals surface area contributed by atoms with Gasteiger partial charge < -0.3 is 16.0 Å². The highest BCUT2D eigenvalue weighted by atomic mass is 15.0. The zero-order valence-electron chi connectivity index (χ0n) is 16.5. The van der Waals surface area contributed by atoms with Gasteiger partial charge in [-0.2, -0.15) is 5.26 Å². The predicted octanol–water partition coefficient (Wildman–Crippen LogP) is 5.49. The highest BCUT2D eigenvalue weighted by Crippen LogP contribution is 2.40. The molecule has 0 saturated heterocycles. The SMILES string of the molecule is N#Cc1c(Nc2ccccc2)nc(N)c(-c2nc3ccccc3[nH]2)c1-c1ccccc1. The van der Waals surface area contributed by atoms with Crippen LogP contribution in [0.3, 0.4) is 0 Å². The third kappa shape index (κ3) is 3.34. The van der Waals surface area contributed by atoms with Crippen LogP contribution in [-0.2, 0) is 0 Å². The first-order valence-electron chi connectivity index (χ1n) is 9.81. The van der Waals surface area contributed by atoms with Crippen molar-refractivity contribution < 1.29 is 0 Å². The summed E-state index contributed by atoms with van der Waals surface area (Å²) in [5.74, 6) is 1.27. The van der Waals surface area contributed by atoms with Crippen LogP contribution < -0.4 is 11.1 Å². The Kier molecular flexibility index (Phi) is 4.54. The van der Waals surface area contributed by atoms with E-state index in [-0.39, 0.29) is 5.82 Å². The van der Waals surface area contributed by atoms with Gasteiger partial charge in [0.05, 0.1) is 16.6 Å². The first-order chi connectivity index (χ1) is 15.2. The van der Waals surface area contributed by atoms with E-state index in [4.69, 9.17) is 10.7 Å². The fourth-order valence-corrected chi connectivity index (χ4v) is 3.67. The fraction of sp³-hybridized carbons (Fsp3) is 0. The number of pyridine rings is 1. The third-order valence-corrected chi connectivity index (χ3v) is 5.06. The molecule has 0 aliphatic rings. The molecule has 4 N–H and O–H groups in total. The topological polar surface area (TPSA) is 103 Å². The van der Waals surface area contributed by atoms with E-state index < -0.39 is 0 Å². The number of hydrogen-bond donors (Lipinski definition) is 3. The maximum Gasteiger partial charge on any atom is 0.151 e. The molecule has 2 aromatic heterocycles. The lowest BCUT2D eigenvalue weighted by Gasteiger charge is -2.16. The second kappa shape index (κ2) is 7.65. The molecule has 31 heavy (non-hydrogen) atoms. The molecule has 5 rings (SSSR count). The Labute approximate surface area is 179 Å². The Balaban J connectivity index is 1.79. The highest BCUT2D eigenvalue weighted by Gasteiger charge is 2.23. The molecule has 0 radical (unpaired) electrons. The van der Waals surface area contributed by atoms with Crippen LogP contribution in [-0.4, -0.2) is 15.0 Å². The molecule has 0 unspecified atom stereocenters. The number of fused-ring (bicyclic) bond motifs is 1. The molecule has 5 aromatic rings. The summed E-state index contributed by atoms with van der Waals surface area (Å²) in [5.41, 5.74) is 11.6. The summed E-state index contributed by atoms with van der Waals surface area (Å²) in [7, 11) is 0. The van der Waals surface area contributed by atoms with E-state index in [0.717, 1.165) is 22.3 Å². The number of aromatic amines is 1. The van der Waals surface area contributed by atoms with Gasteiger partial charge in [-0.15, -0.1) is 0 Å². The van der Waals surface area contributed by atoms with E-state index in [2.05, 4.69) is 21.4 Å². The molecule has 148 valence electrons. The van der Waals surface area contributed by atoms with Crippen LogP contribution in [0.15, 0.2) is 84.9 Å². The lowest BCUT2D eigenvalue weighted by atomic mass is 9.95. The van der Waals surface area contributed by atoms with Crippen molar-refractivity contribution in [2.75, 3.05) is 11.1 Å². The Morgan fingerprint density at radius 2 is 1.48 bits per heavy atom. The van der Waals surface area contributed by atoms with Crippen molar-refractivity contribution in [1.29, 1.82) is 5.26 Å². The van der Waals surface area contributed by atoms with Crippen molar-refractivity contribution in [3.63, 3.8) is 0 Å². The van der Waals surface area contributed by atoms with Gasteiger partial charge in [-0.05, 0) is 29.8 Å². The third-order valence-electron chi connectivity index (χ3n) is 5.06. The molecule has 0 bridgehead atoms. The van der Waals surface area contributed by atoms with Crippen molar-refractivity contribution in [2.24, 2.45) is 0 Å². The number of imidazole rings is 1. The van der Waals surface area contributed by atoms with Crippen LogP contribution in [0.4, 0.5) is 17.3 Å². The fourth-order valence-electron chi connectivity index (χ4n) is 3.67. The average molecular weight is 402 g/mol. The van der Waals surface area contributed by atoms with Gasteiger partial charge in [0, 0.05) is 11.3 Å². The minimum absolute atomic E-state index is 0.287. The van der Waals surface area contributed by atoms with Gasteiger partial charge >= 0.3 is 0 Å². The molecule has 0 aliphatic carbocycles. The normalized spacial score (nSPS) is 10.7. The van der Waals surface area contributed by atoms with Crippen LogP contribution in [0.1, 0.15) is 5.56 Å².